The molecule has 0 aliphatic heterocycles. The van der Waals surface area contributed by atoms with Gasteiger partial charge in [-0.1, -0.05) is 0 Å². The number of hydrogen-bond donors (Lipinski definition) is 0. The Bertz CT molecular complexity index is 10.8. The third-order valence-electron chi connectivity index (χ3n) is 0. The minimum atomic E-state index is 0. The SMILES string of the molecule is C=C[CH2-].[Ni]. The van der Waals surface area contributed by atoms with Crippen molar-refractivity contribution in [3.05, 3.63) is 19.6 Å². The van der Waals surface area contributed by atoms with Crippen LogP contribution in [0.25, 0.3) is 0 Å². The Labute approximate surface area is 36.8 Å². The van der Waals surface area contributed by atoms with E-state index >= 15 is 0 Å². The molecule has 28 valence electrons. The molecular formula is C3H5Ni-. The molecule has 1 heteroatoms. The second-order valence-electron chi connectivity index (χ2n) is 0.289. The first kappa shape index (κ1) is 8.93. The summed E-state index contributed by atoms with van der Waals surface area (Å²) in [6.07, 6.45) is 1.50. The van der Waals surface area contributed by atoms with E-state index in [9.17, 15) is 0 Å². The third kappa shape index (κ3) is 239. The Hall–Kier alpha value is 0.104. The second-order valence-corrected chi connectivity index (χ2v) is 0.289. The van der Waals surface area contributed by atoms with E-state index in [4.69, 9.17) is 0 Å². The van der Waals surface area contributed by atoms with E-state index in [2.05, 4.69) is 13.5 Å². The molecule has 0 amide bonds. The summed E-state index contributed by atoms with van der Waals surface area (Å²) in [6.45, 7) is 6.50. The Balaban J connectivity index is 0. The van der Waals surface area contributed by atoms with Gasteiger partial charge in [0.1, 0.15) is 0 Å². The summed E-state index contributed by atoms with van der Waals surface area (Å²) in [6, 6.07) is 0. The van der Waals surface area contributed by atoms with Crippen molar-refractivity contribution < 1.29 is 16.5 Å². The van der Waals surface area contributed by atoms with E-state index in [1.807, 2.05) is 0 Å². The standard InChI is InChI=1S/C3H5.Ni/c1-3-2;/h3H,1-2H2;/q-1;. The Kier molecular flexibility index (Phi) is 25.2. The Morgan fingerprint density at radius 1 is 1.75 bits per heavy atom. The van der Waals surface area contributed by atoms with E-state index in [1.165, 1.54) is 6.08 Å². The van der Waals surface area contributed by atoms with Crippen LogP contribution in [0.15, 0.2) is 12.7 Å². The van der Waals surface area contributed by atoms with Gasteiger partial charge in [0.25, 0.3) is 0 Å². The zero-order chi connectivity index (χ0) is 2.71. The molecule has 0 aromatic rings. The molecule has 0 nitrogen and oxygen atoms in total. The van der Waals surface area contributed by atoms with Crippen molar-refractivity contribution in [2.45, 2.75) is 0 Å². The van der Waals surface area contributed by atoms with Crippen molar-refractivity contribution >= 4 is 0 Å². The fourth-order valence-electron chi connectivity index (χ4n) is 0. The normalized spacial score (nSPS) is 3.00. The van der Waals surface area contributed by atoms with Crippen LogP contribution in [0.4, 0.5) is 0 Å². The summed E-state index contributed by atoms with van der Waals surface area (Å²) in [4.78, 5) is 0. The van der Waals surface area contributed by atoms with Gasteiger partial charge < -0.3 is 0 Å². The Morgan fingerprint density at radius 2 is 1.75 bits per heavy atom. The summed E-state index contributed by atoms with van der Waals surface area (Å²) in [5.74, 6) is 0. The first-order valence-corrected chi connectivity index (χ1v) is 0.816. The summed E-state index contributed by atoms with van der Waals surface area (Å²) in [7, 11) is 0. The molecule has 0 atom stereocenters. The monoisotopic (exact) mass is 99.0 g/mol. The molecule has 0 aromatic heterocycles. The quantitative estimate of drug-likeness (QED) is 0.314. The maximum atomic E-state index is 3.25. The van der Waals surface area contributed by atoms with Gasteiger partial charge in [0.2, 0.25) is 0 Å². The molecule has 0 aliphatic rings. The molecule has 0 radical (unpaired) electrons. The number of hydrogen-bond acceptors (Lipinski definition) is 0. The maximum Gasteiger partial charge on any atom is 0 e. The van der Waals surface area contributed by atoms with Crippen molar-refractivity contribution in [3.8, 4) is 0 Å². The van der Waals surface area contributed by atoms with Gasteiger partial charge in [-0.05, 0) is 0 Å². The first-order chi connectivity index (χ1) is 1.41. The molecule has 0 aromatic carbocycles. The minimum Gasteiger partial charge on any atom is -0.245 e. The largest absolute Gasteiger partial charge is 0.245 e. The molecule has 0 unspecified atom stereocenters. The topological polar surface area (TPSA) is 0 Å². The second kappa shape index (κ2) is 11.3. The molecule has 0 fully saturated rings. The van der Waals surface area contributed by atoms with Gasteiger partial charge in [-0.3, -0.25) is 0 Å². The van der Waals surface area contributed by atoms with Crippen LogP contribution in [-0.2, 0) is 16.5 Å². The van der Waals surface area contributed by atoms with Crippen LogP contribution in [0.3, 0.4) is 0 Å². The molecule has 0 saturated heterocycles. The van der Waals surface area contributed by atoms with E-state index in [-0.39, 0.29) is 16.5 Å². The molecule has 0 bridgehead atoms. The smallest absolute Gasteiger partial charge is 0 e. The summed E-state index contributed by atoms with van der Waals surface area (Å²) in [5, 5.41) is 0. The van der Waals surface area contributed by atoms with Crippen molar-refractivity contribution in [2.24, 2.45) is 0 Å². The van der Waals surface area contributed by atoms with Gasteiger partial charge in [0.15, 0.2) is 0 Å². The van der Waals surface area contributed by atoms with Crippen LogP contribution in [0, 0.1) is 6.92 Å². The number of rotatable bonds is 0. The van der Waals surface area contributed by atoms with Gasteiger partial charge in [0.05, 0.1) is 0 Å². The maximum absolute atomic E-state index is 3.25. The van der Waals surface area contributed by atoms with Gasteiger partial charge in [-0.2, -0.15) is 0 Å². The zero-order valence-corrected chi connectivity index (χ0v) is 3.30. The van der Waals surface area contributed by atoms with Crippen LogP contribution in [0.5, 0.6) is 0 Å². The molecule has 0 aliphatic carbocycles. The van der Waals surface area contributed by atoms with Crippen molar-refractivity contribution in [2.75, 3.05) is 0 Å². The van der Waals surface area contributed by atoms with E-state index in [1.54, 1.807) is 0 Å². The predicted molar refractivity (Wildman–Crippen MR) is 15.6 cm³/mol. The van der Waals surface area contributed by atoms with Gasteiger partial charge in [-0.25, -0.2) is 19.6 Å². The third-order valence-corrected chi connectivity index (χ3v) is 0. The zero-order valence-electron chi connectivity index (χ0n) is 2.31. The van der Waals surface area contributed by atoms with Crippen LogP contribution in [-0.4, -0.2) is 0 Å². The molecule has 0 saturated carbocycles. The number of allylic oxidation sites excluding steroid dienone is 1. The fraction of sp³-hybridized carbons (Fsp3) is 0. The molecule has 4 heavy (non-hydrogen) atoms. The average molecular weight is 99.8 g/mol. The van der Waals surface area contributed by atoms with Crippen LogP contribution in [0.1, 0.15) is 0 Å². The molecule has 0 N–H and O–H groups in total. The Morgan fingerprint density at radius 3 is 1.75 bits per heavy atom. The van der Waals surface area contributed by atoms with Crippen LogP contribution in [0.2, 0.25) is 0 Å². The van der Waals surface area contributed by atoms with Crippen molar-refractivity contribution in [3.63, 3.8) is 0 Å². The first-order valence-electron chi connectivity index (χ1n) is 0.816. The van der Waals surface area contributed by atoms with Crippen LogP contribution >= 0.6 is 0 Å². The molecule has 0 rings (SSSR count). The molecule has 0 heterocycles. The van der Waals surface area contributed by atoms with E-state index < -0.39 is 0 Å². The van der Waals surface area contributed by atoms with Gasteiger partial charge in [-0.15, -0.1) is 0 Å². The van der Waals surface area contributed by atoms with Gasteiger partial charge in [0, 0.05) is 16.5 Å². The summed E-state index contributed by atoms with van der Waals surface area (Å²) >= 11 is 0. The average Bonchev–Trinajstić information content (AvgIpc) is 0.918. The minimum absolute atomic E-state index is 0. The van der Waals surface area contributed by atoms with Gasteiger partial charge >= 0.3 is 0 Å². The molecular weight excluding hydrogens is 94.7 g/mol. The summed E-state index contributed by atoms with van der Waals surface area (Å²) < 4.78 is 0. The fourth-order valence-corrected chi connectivity index (χ4v) is 0. The van der Waals surface area contributed by atoms with Crippen molar-refractivity contribution in [1.29, 1.82) is 0 Å². The summed E-state index contributed by atoms with van der Waals surface area (Å²) in [5.41, 5.74) is 0. The molecule has 0 spiro atoms. The van der Waals surface area contributed by atoms with Crippen molar-refractivity contribution in [1.82, 2.24) is 0 Å². The van der Waals surface area contributed by atoms with Crippen LogP contribution < -0.4 is 0 Å². The van der Waals surface area contributed by atoms with E-state index in [0.29, 0.717) is 0 Å². The predicted octanol–water partition coefficient (Wildman–Crippen LogP) is 1.00. The van der Waals surface area contributed by atoms with E-state index in [0.717, 1.165) is 0 Å².